The third-order valence-corrected chi connectivity index (χ3v) is 7.08. The fourth-order valence-electron chi connectivity index (χ4n) is 4.91. The minimum atomic E-state index is -0.544. The Morgan fingerprint density at radius 3 is 2.51 bits per heavy atom. The number of piperazine rings is 1. The van der Waals surface area contributed by atoms with Crippen molar-refractivity contribution in [2.45, 2.75) is 32.0 Å². The van der Waals surface area contributed by atoms with E-state index in [4.69, 9.17) is 38.7 Å². The molecule has 2 heterocycles. The van der Waals surface area contributed by atoms with Gasteiger partial charge in [-0.1, -0.05) is 47.5 Å². The number of carbonyl (C=O) groups excluding carboxylic acids is 2. The standard InChI is InChI=1S/C29H29Cl2N5O3/c1-17(2)39-24-15-22(32)10-11-23(24)28-34-26(19-4-3-5-21(31)14-19)27(18-6-8-20(30)9-7-18)36(28)29(38)35-13-12-33-25(37)16-35/h3-11,14-15,17,26-27H,12-13,16,32H2,1-2H3,(H,33,37)/t26-,27+/m0/s1. The molecule has 39 heavy (non-hydrogen) atoms. The smallest absolute Gasteiger partial charge is 0.326 e. The van der Waals surface area contributed by atoms with Crippen molar-refractivity contribution in [2.24, 2.45) is 4.99 Å². The van der Waals surface area contributed by atoms with Crippen molar-refractivity contribution < 1.29 is 14.3 Å². The molecule has 5 rings (SSSR count). The van der Waals surface area contributed by atoms with E-state index in [-0.39, 0.29) is 24.6 Å². The summed E-state index contributed by atoms with van der Waals surface area (Å²) in [7, 11) is 0. The molecule has 3 amide bonds. The number of hydrogen-bond donors (Lipinski definition) is 2. The summed E-state index contributed by atoms with van der Waals surface area (Å²) in [5, 5.41) is 3.92. The maximum absolute atomic E-state index is 14.3. The van der Waals surface area contributed by atoms with E-state index in [9.17, 15) is 9.59 Å². The Balaban J connectivity index is 1.71. The molecule has 202 valence electrons. The first kappa shape index (κ1) is 26.8. The predicted molar refractivity (Wildman–Crippen MR) is 153 cm³/mol. The minimum absolute atomic E-state index is 0.0468. The second-order valence-electron chi connectivity index (χ2n) is 9.80. The molecule has 1 saturated heterocycles. The van der Waals surface area contributed by atoms with Gasteiger partial charge in [0.2, 0.25) is 5.91 Å². The lowest BCUT2D eigenvalue weighted by atomic mass is 9.93. The SMILES string of the molecule is CC(C)Oc1cc(N)ccc1C1=N[C@@H](c2cccc(Cl)c2)[C@@H](c2ccc(Cl)cc2)N1C(=O)N1CCNC(=O)C1. The Morgan fingerprint density at radius 1 is 1.05 bits per heavy atom. The quantitative estimate of drug-likeness (QED) is 0.401. The van der Waals surface area contributed by atoms with E-state index < -0.39 is 12.1 Å². The molecule has 0 aliphatic carbocycles. The number of urea groups is 1. The summed E-state index contributed by atoms with van der Waals surface area (Å²) in [5.74, 6) is 0.726. The molecule has 2 atom stereocenters. The molecule has 3 N–H and O–H groups in total. The van der Waals surface area contributed by atoms with Crippen molar-refractivity contribution in [2.75, 3.05) is 25.4 Å². The average molecular weight is 566 g/mol. The van der Waals surface area contributed by atoms with E-state index in [0.717, 1.165) is 11.1 Å². The van der Waals surface area contributed by atoms with Gasteiger partial charge in [0.05, 0.1) is 17.7 Å². The van der Waals surface area contributed by atoms with E-state index in [2.05, 4.69) is 5.32 Å². The molecule has 2 aliphatic heterocycles. The molecule has 2 aliphatic rings. The number of aliphatic imine (C=N–C) groups is 1. The first-order valence-corrected chi connectivity index (χ1v) is 13.5. The second kappa shape index (κ2) is 11.2. The fraction of sp³-hybridized carbons (Fsp3) is 0.276. The second-order valence-corrected chi connectivity index (χ2v) is 10.7. The lowest BCUT2D eigenvalue weighted by molar-refractivity contribution is -0.123. The predicted octanol–water partition coefficient (Wildman–Crippen LogP) is 5.46. The Labute approximate surface area is 237 Å². The molecule has 0 aromatic heterocycles. The van der Waals surface area contributed by atoms with Gasteiger partial charge >= 0.3 is 6.03 Å². The number of rotatable bonds is 5. The summed E-state index contributed by atoms with van der Waals surface area (Å²) in [6.45, 7) is 4.54. The summed E-state index contributed by atoms with van der Waals surface area (Å²) in [4.78, 5) is 34.9. The molecule has 0 radical (unpaired) electrons. The van der Waals surface area contributed by atoms with Crippen LogP contribution in [0.5, 0.6) is 5.75 Å². The van der Waals surface area contributed by atoms with Gasteiger partial charge < -0.3 is 20.7 Å². The van der Waals surface area contributed by atoms with Crippen LogP contribution in [-0.4, -0.2) is 53.3 Å². The highest BCUT2D eigenvalue weighted by Crippen LogP contribution is 2.45. The van der Waals surface area contributed by atoms with Gasteiger partial charge in [0.1, 0.15) is 24.2 Å². The molecular weight excluding hydrogens is 537 g/mol. The maximum Gasteiger partial charge on any atom is 0.326 e. The first-order valence-electron chi connectivity index (χ1n) is 12.7. The van der Waals surface area contributed by atoms with E-state index in [1.54, 1.807) is 35.2 Å². The van der Waals surface area contributed by atoms with Crippen molar-refractivity contribution in [3.05, 3.63) is 93.5 Å². The van der Waals surface area contributed by atoms with E-state index >= 15 is 0 Å². The van der Waals surface area contributed by atoms with Gasteiger partial charge in [0, 0.05) is 34.9 Å². The number of amides is 3. The molecule has 3 aromatic rings. The molecule has 1 fully saturated rings. The zero-order valence-corrected chi connectivity index (χ0v) is 23.1. The number of nitrogens with two attached hydrogens (primary N) is 1. The van der Waals surface area contributed by atoms with Crippen LogP contribution in [0.2, 0.25) is 10.0 Å². The lowest BCUT2D eigenvalue weighted by Crippen LogP contribution is -2.55. The zero-order valence-electron chi connectivity index (χ0n) is 21.6. The van der Waals surface area contributed by atoms with E-state index in [1.807, 2.05) is 50.2 Å². The topological polar surface area (TPSA) is 100 Å². The third-order valence-electron chi connectivity index (χ3n) is 6.59. The highest BCUT2D eigenvalue weighted by Gasteiger charge is 2.45. The van der Waals surface area contributed by atoms with Crippen LogP contribution in [-0.2, 0) is 4.79 Å². The van der Waals surface area contributed by atoms with Gasteiger partial charge in [-0.25, -0.2) is 4.79 Å². The van der Waals surface area contributed by atoms with Crippen LogP contribution in [0.3, 0.4) is 0 Å². The summed E-state index contributed by atoms with van der Waals surface area (Å²) in [6, 6.07) is 18.7. The van der Waals surface area contributed by atoms with Gasteiger partial charge in [-0.05, 0) is 61.4 Å². The molecule has 8 nitrogen and oxygen atoms in total. The average Bonchev–Trinajstić information content (AvgIpc) is 3.29. The molecule has 0 unspecified atom stereocenters. The van der Waals surface area contributed by atoms with Gasteiger partial charge in [0.15, 0.2) is 0 Å². The number of nitrogens with zero attached hydrogens (tertiary/aromatic N) is 3. The number of nitrogens with one attached hydrogen (secondary N) is 1. The first-order chi connectivity index (χ1) is 18.7. The van der Waals surface area contributed by atoms with Crippen LogP contribution in [0.4, 0.5) is 10.5 Å². The normalized spacial score (nSPS) is 19.2. The number of amidine groups is 1. The largest absolute Gasteiger partial charge is 0.490 e. The number of carbonyl (C=O) groups is 2. The van der Waals surface area contributed by atoms with Crippen molar-refractivity contribution in [3.63, 3.8) is 0 Å². The van der Waals surface area contributed by atoms with Gasteiger partial charge in [-0.3, -0.25) is 14.7 Å². The Kier molecular flexibility index (Phi) is 7.68. The fourth-order valence-corrected chi connectivity index (χ4v) is 5.24. The zero-order chi connectivity index (χ0) is 27.7. The monoisotopic (exact) mass is 565 g/mol. The summed E-state index contributed by atoms with van der Waals surface area (Å²) in [6.07, 6.45) is -0.140. The Hall–Kier alpha value is -3.75. The number of nitrogen functional groups attached to an aromatic ring is 1. The van der Waals surface area contributed by atoms with Crippen LogP contribution >= 0.6 is 23.2 Å². The van der Waals surface area contributed by atoms with Gasteiger partial charge in [0.25, 0.3) is 0 Å². The maximum atomic E-state index is 14.3. The Bertz CT molecular complexity index is 1430. The van der Waals surface area contributed by atoms with Crippen LogP contribution in [0.1, 0.15) is 42.6 Å². The number of hydrogen-bond acceptors (Lipinski definition) is 5. The summed E-state index contributed by atoms with van der Waals surface area (Å²) < 4.78 is 6.13. The highest BCUT2D eigenvalue weighted by atomic mass is 35.5. The van der Waals surface area contributed by atoms with Crippen LogP contribution in [0.15, 0.2) is 71.7 Å². The Morgan fingerprint density at radius 2 is 1.82 bits per heavy atom. The number of benzene rings is 3. The number of ether oxygens (including phenoxy) is 1. The summed E-state index contributed by atoms with van der Waals surface area (Å²) >= 11 is 12.6. The molecule has 3 aromatic carbocycles. The van der Waals surface area contributed by atoms with Crippen LogP contribution in [0.25, 0.3) is 0 Å². The summed E-state index contributed by atoms with van der Waals surface area (Å²) in [5.41, 5.74) is 8.94. The van der Waals surface area contributed by atoms with Gasteiger partial charge in [-0.2, -0.15) is 0 Å². The molecule has 10 heteroatoms. The number of halogens is 2. The van der Waals surface area contributed by atoms with E-state index in [1.165, 1.54) is 4.90 Å². The van der Waals surface area contributed by atoms with Crippen molar-refractivity contribution in [3.8, 4) is 5.75 Å². The molecule has 0 saturated carbocycles. The van der Waals surface area contributed by atoms with Gasteiger partial charge in [-0.15, -0.1) is 0 Å². The number of anilines is 1. The molecule has 0 spiro atoms. The van der Waals surface area contributed by atoms with Crippen molar-refractivity contribution >= 4 is 46.7 Å². The minimum Gasteiger partial charge on any atom is -0.490 e. The molecule has 0 bridgehead atoms. The molecular formula is C29H29Cl2N5O3. The van der Waals surface area contributed by atoms with Crippen LogP contribution in [0, 0.1) is 0 Å². The van der Waals surface area contributed by atoms with Crippen molar-refractivity contribution in [1.82, 2.24) is 15.1 Å². The lowest BCUT2D eigenvalue weighted by Gasteiger charge is -2.36. The highest BCUT2D eigenvalue weighted by molar-refractivity contribution is 6.30. The van der Waals surface area contributed by atoms with Crippen molar-refractivity contribution in [1.29, 1.82) is 0 Å². The van der Waals surface area contributed by atoms with Crippen LogP contribution < -0.4 is 15.8 Å². The third kappa shape index (κ3) is 5.67. The van der Waals surface area contributed by atoms with E-state index in [0.29, 0.717) is 46.0 Å².